The van der Waals surface area contributed by atoms with Crippen molar-refractivity contribution in [2.75, 3.05) is 24.5 Å². The van der Waals surface area contributed by atoms with E-state index in [0.29, 0.717) is 31.6 Å². The van der Waals surface area contributed by atoms with Crippen molar-refractivity contribution in [2.24, 2.45) is 0 Å². The number of anilines is 1. The summed E-state index contributed by atoms with van der Waals surface area (Å²) in [5, 5.41) is 0. The molecule has 0 N–H and O–H groups in total. The quantitative estimate of drug-likeness (QED) is 0.820. The summed E-state index contributed by atoms with van der Waals surface area (Å²) in [4.78, 5) is 33.1. The molecule has 28 heavy (non-hydrogen) atoms. The van der Waals surface area contributed by atoms with Crippen molar-refractivity contribution < 1.29 is 14.3 Å². The van der Waals surface area contributed by atoms with Gasteiger partial charge in [-0.05, 0) is 44.0 Å². The third-order valence-electron chi connectivity index (χ3n) is 5.47. The summed E-state index contributed by atoms with van der Waals surface area (Å²) in [5.41, 5.74) is 2.44. The molecular formula is C22H25N3O3. The number of ether oxygens (including phenoxy) is 1. The molecule has 3 heterocycles. The van der Waals surface area contributed by atoms with E-state index in [2.05, 4.69) is 4.98 Å². The Bertz CT molecular complexity index is 830. The molecule has 0 aliphatic carbocycles. The van der Waals surface area contributed by atoms with E-state index in [1.807, 2.05) is 54.3 Å². The predicted octanol–water partition coefficient (Wildman–Crippen LogP) is 2.82. The fraction of sp³-hybridized carbons (Fsp3) is 0.409. The molecule has 146 valence electrons. The molecule has 1 atom stereocenters. The molecule has 1 aromatic carbocycles. The summed E-state index contributed by atoms with van der Waals surface area (Å²) in [5.74, 6) is 0.0496. The van der Waals surface area contributed by atoms with Gasteiger partial charge in [0.15, 0.2) is 0 Å². The lowest BCUT2D eigenvalue weighted by Crippen LogP contribution is -2.42. The highest BCUT2D eigenvalue weighted by atomic mass is 16.5. The van der Waals surface area contributed by atoms with Crippen LogP contribution in [-0.2, 0) is 9.53 Å². The van der Waals surface area contributed by atoms with Crippen LogP contribution in [0, 0.1) is 6.92 Å². The van der Waals surface area contributed by atoms with Crippen molar-refractivity contribution in [3.05, 3.63) is 59.9 Å². The van der Waals surface area contributed by atoms with Gasteiger partial charge in [0.1, 0.15) is 6.10 Å². The maximum atomic E-state index is 12.7. The number of pyridine rings is 1. The molecule has 1 unspecified atom stereocenters. The summed E-state index contributed by atoms with van der Waals surface area (Å²) in [6.07, 6.45) is 3.48. The number of para-hydroxylation sites is 1. The topological polar surface area (TPSA) is 62.7 Å². The van der Waals surface area contributed by atoms with Crippen molar-refractivity contribution in [3.63, 3.8) is 0 Å². The van der Waals surface area contributed by atoms with Crippen molar-refractivity contribution in [2.45, 2.75) is 38.4 Å². The lowest BCUT2D eigenvalue weighted by molar-refractivity contribution is -0.132. The molecule has 2 aliphatic rings. The molecule has 2 amide bonds. The van der Waals surface area contributed by atoms with Gasteiger partial charge in [-0.3, -0.25) is 14.6 Å². The Labute approximate surface area is 165 Å². The van der Waals surface area contributed by atoms with Crippen LogP contribution in [0.5, 0.6) is 0 Å². The molecule has 2 aliphatic heterocycles. The van der Waals surface area contributed by atoms with Gasteiger partial charge >= 0.3 is 0 Å². The normalized spacial score (nSPS) is 20.6. The maximum absolute atomic E-state index is 12.7. The predicted molar refractivity (Wildman–Crippen MR) is 106 cm³/mol. The number of benzene rings is 1. The smallest absolute Gasteiger partial charge is 0.256 e. The van der Waals surface area contributed by atoms with Crippen LogP contribution in [0.3, 0.4) is 0 Å². The Morgan fingerprint density at radius 1 is 1.04 bits per heavy atom. The molecule has 0 bridgehead atoms. The molecule has 6 nitrogen and oxygen atoms in total. The number of hydrogen-bond donors (Lipinski definition) is 0. The number of rotatable bonds is 4. The number of aromatic nitrogens is 1. The maximum Gasteiger partial charge on any atom is 0.256 e. The minimum absolute atomic E-state index is 0.0122. The van der Waals surface area contributed by atoms with E-state index in [4.69, 9.17) is 4.74 Å². The third kappa shape index (κ3) is 3.92. The number of aryl methyl sites for hydroxylation is 1. The molecule has 2 aromatic rings. The molecule has 6 heteroatoms. The Morgan fingerprint density at radius 3 is 2.46 bits per heavy atom. The van der Waals surface area contributed by atoms with E-state index in [1.165, 1.54) is 0 Å². The van der Waals surface area contributed by atoms with Crippen LogP contribution in [0.15, 0.2) is 48.7 Å². The highest BCUT2D eigenvalue weighted by Crippen LogP contribution is 2.26. The van der Waals surface area contributed by atoms with Crippen LogP contribution in [0.2, 0.25) is 0 Å². The summed E-state index contributed by atoms with van der Waals surface area (Å²) >= 11 is 0. The molecule has 2 fully saturated rings. The van der Waals surface area contributed by atoms with E-state index in [0.717, 1.165) is 24.2 Å². The van der Waals surface area contributed by atoms with Crippen molar-refractivity contribution in [1.82, 2.24) is 9.88 Å². The summed E-state index contributed by atoms with van der Waals surface area (Å²) < 4.78 is 6.12. The van der Waals surface area contributed by atoms with Crippen molar-refractivity contribution in [3.8, 4) is 0 Å². The first-order chi connectivity index (χ1) is 13.6. The van der Waals surface area contributed by atoms with Gasteiger partial charge < -0.3 is 14.5 Å². The highest BCUT2D eigenvalue weighted by Gasteiger charge is 2.36. The van der Waals surface area contributed by atoms with Gasteiger partial charge in [-0.25, -0.2) is 0 Å². The van der Waals surface area contributed by atoms with Gasteiger partial charge in [0.2, 0.25) is 0 Å². The standard InChI is InChI=1S/C22H25N3O3/c1-16-7-8-17(15-23-16)21(26)24-12-9-19(10-13-24)28-20-11-14-25(22(20)27)18-5-3-2-4-6-18/h2-8,15,19-20H,9-14H2,1H3. The number of nitrogens with zero attached hydrogens (tertiary/aromatic N) is 3. The molecule has 0 radical (unpaired) electrons. The Hall–Kier alpha value is -2.73. The largest absolute Gasteiger partial charge is 0.365 e. The fourth-order valence-electron chi connectivity index (χ4n) is 3.85. The summed E-state index contributed by atoms with van der Waals surface area (Å²) in [7, 11) is 0. The van der Waals surface area contributed by atoms with Crippen LogP contribution in [-0.4, -0.2) is 53.5 Å². The number of hydrogen-bond acceptors (Lipinski definition) is 4. The average molecular weight is 379 g/mol. The van der Waals surface area contributed by atoms with Crippen molar-refractivity contribution >= 4 is 17.5 Å². The molecule has 4 rings (SSSR count). The fourth-order valence-corrected chi connectivity index (χ4v) is 3.85. The highest BCUT2D eigenvalue weighted by molar-refractivity contribution is 5.98. The first kappa shape index (κ1) is 18.6. The average Bonchev–Trinajstić information content (AvgIpc) is 3.09. The van der Waals surface area contributed by atoms with E-state index >= 15 is 0 Å². The lowest BCUT2D eigenvalue weighted by Gasteiger charge is -2.33. The first-order valence-corrected chi connectivity index (χ1v) is 9.85. The summed E-state index contributed by atoms with van der Waals surface area (Å²) in [6, 6.07) is 13.4. The van der Waals surface area contributed by atoms with Gasteiger partial charge in [-0.15, -0.1) is 0 Å². The van der Waals surface area contributed by atoms with Gasteiger partial charge in [0.25, 0.3) is 11.8 Å². The van der Waals surface area contributed by atoms with Crippen LogP contribution < -0.4 is 4.90 Å². The van der Waals surface area contributed by atoms with E-state index < -0.39 is 0 Å². The van der Waals surface area contributed by atoms with Crippen molar-refractivity contribution in [1.29, 1.82) is 0 Å². The minimum Gasteiger partial charge on any atom is -0.365 e. The van der Waals surface area contributed by atoms with Crippen LogP contribution in [0.4, 0.5) is 5.69 Å². The molecular weight excluding hydrogens is 354 g/mol. The van der Waals surface area contributed by atoms with Crippen LogP contribution >= 0.6 is 0 Å². The molecule has 0 saturated carbocycles. The number of piperidine rings is 1. The lowest BCUT2D eigenvalue weighted by atomic mass is 10.1. The monoisotopic (exact) mass is 379 g/mol. The zero-order chi connectivity index (χ0) is 19.5. The molecule has 1 aromatic heterocycles. The van der Waals surface area contributed by atoms with Gasteiger partial charge in [-0.1, -0.05) is 18.2 Å². The van der Waals surface area contributed by atoms with Crippen LogP contribution in [0.1, 0.15) is 35.3 Å². The number of likely N-dealkylation sites (tertiary alicyclic amines) is 1. The van der Waals surface area contributed by atoms with Crippen LogP contribution in [0.25, 0.3) is 0 Å². The second kappa shape index (κ2) is 8.10. The Morgan fingerprint density at radius 2 is 1.79 bits per heavy atom. The summed E-state index contributed by atoms with van der Waals surface area (Å²) in [6.45, 7) is 3.87. The molecule has 0 spiro atoms. The third-order valence-corrected chi connectivity index (χ3v) is 5.47. The number of carbonyl (C=O) groups excluding carboxylic acids is 2. The number of amides is 2. The second-order valence-corrected chi connectivity index (χ2v) is 7.42. The Kier molecular flexibility index (Phi) is 5.39. The number of carbonyl (C=O) groups is 2. The second-order valence-electron chi connectivity index (χ2n) is 7.42. The minimum atomic E-state index is -0.381. The van der Waals surface area contributed by atoms with Gasteiger partial charge in [0.05, 0.1) is 11.7 Å². The van der Waals surface area contributed by atoms with E-state index in [9.17, 15) is 9.59 Å². The van der Waals surface area contributed by atoms with E-state index in [1.54, 1.807) is 11.1 Å². The van der Waals surface area contributed by atoms with E-state index in [-0.39, 0.29) is 24.0 Å². The zero-order valence-corrected chi connectivity index (χ0v) is 16.1. The SMILES string of the molecule is Cc1ccc(C(=O)N2CCC(OC3CCN(c4ccccc4)C3=O)CC2)cn1. The zero-order valence-electron chi connectivity index (χ0n) is 16.1. The first-order valence-electron chi connectivity index (χ1n) is 9.85. The Balaban J connectivity index is 1.29. The molecule has 2 saturated heterocycles. The van der Waals surface area contributed by atoms with Gasteiger partial charge in [0, 0.05) is 43.6 Å². The van der Waals surface area contributed by atoms with Gasteiger partial charge in [-0.2, -0.15) is 0 Å².